The highest BCUT2D eigenvalue weighted by Crippen LogP contribution is 2.32. The second-order valence-corrected chi connectivity index (χ2v) is 7.68. The fourth-order valence-corrected chi connectivity index (χ4v) is 3.68. The van der Waals surface area contributed by atoms with Gasteiger partial charge in [-0.1, -0.05) is 31.7 Å². The maximum Gasteiger partial charge on any atom is 0.147 e. The molecule has 2 aliphatic rings. The van der Waals surface area contributed by atoms with Crippen LogP contribution in [0.15, 0.2) is 60.1 Å². The van der Waals surface area contributed by atoms with E-state index < -0.39 is 0 Å². The van der Waals surface area contributed by atoms with E-state index in [1.807, 2.05) is 54.6 Å². The van der Waals surface area contributed by atoms with Crippen molar-refractivity contribution in [2.24, 2.45) is 4.99 Å². The van der Waals surface area contributed by atoms with E-state index >= 15 is 0 Å². The number of nitrogens with one attached hydrogen (secondary N) is 1. The lowest BCUT2D eigenvalue weighted by molar-refractivity contribution is -0.0347. The number of benzene rings is 2. The molecule has 2 aromatic rings. The maximum atomic E-state index is 5.65. The molecule has 1 unspecified atom stereocenters. The Hall–Kier alpha value is -2.83. The highest BCUT2D eigenvalue weighted by atomic mass is 16.7. The third kappa shape index (κ3) is 5.87. The number of nitrogens with zero attached hydrogens (tertiary/aromatic N) is 3. The zero-order valence-electron chi connectivity index (χ0n) is 19.1. The number of rotatable bonds is 6. The highest BCUT2D eigenvalue weighted by Gasteiger charge is 2.23. The van der Waals surface area contributed by atoms with Crippen molar-refractivity contribution in [2.75, 3.05) is 33.8 Å². The molecule has 0 saturated carbocycles. The first-order chi connectivity index (χ1) is 15.0. The van der Waals surface area contributed by atoms with Crippen LogP contribution >= 0.6 is 0 Å². The minimum atomic E-state index is 0.232. The largest absolute Gasteiger partial charge is 0.497 e. The molecule has 2 aliphatic heterocycles. The van der Waals surface area contributed by atoms with E-state index in [1.165, 1.54) is 12.8 Å². The maximum absolute atomic E-state index is 5.65. The average molecular weight is 423 g/mol. The van der Waals surface area contributed by atoms with E-state index in [2.05, 4.69) is 36.7 Å². The van der Waals surface area contributed by atoms with Gasteiger partial charge in [0.2, 0.25) is 0 Å². The van der Waals surface area contributed by atoms with Crippen LogP contribution in [0, 0.1) is 0 Å². The van der Waals surface area contributed by atoms with Gasteiger partial charge in [-0.2, -0.15) is 0 Å². The molecule has 2 heterocycles. The number of hydroxylamine groups is 2. The molecule has 2 aromatic carbocycles. The van der Waals surface area contributed by atoms with Gasteiger partial charge < -0.3 is 19.8 Å². The number of methoxy groups -OCH3 is 1. The Morgan fingerprint density at radius 3 is 2.35 bits per heavy atom. The molecule has 0 aliphatic carbocycles. The third-order valence-corrected chi connectivity index (χ3v) is 5.46. The second-order valence-electron chi connectivity index (χ2n) is 7.68. The van der Waals surface area contributed by atoms with E-state index in [0.717, 1.165) is 53.9 Å². The standard InChI is InChI=1S/C14H19N3.C11H15NO2/c1-5-15-10(2)14-16-13-9-7-6-8-12(13)11(3)17(14)4;1-13-10-4-6-11(7-5-10)14-12-8-2-3-9-12/h6-10,15H,3,5H2,1-2,4H3;4-7H,2-3,8-9H2,1H3. The molecule has 1 saturated heterocycles. The number of fused-ring (bicyclic) bond motifs is 1. The zero-order chi connectivity index (χ0) is 22.2. The van der Waals surface area contributed by atoms with Crippen LogP contribution in [0.1, 0.15) is 32.3 Å². The van der Waals surface area contributed by atoms with E-state index in [1.54, 1.807) is 7.11 Å². The number of ether oxygens (including phenoxy) is 1. The van der Waals surface area contributed by atoms with Crippen molar-refractivity contribution < 1.29 is 9.57 Å². The molecule has 0 amide bonds. The molecule has 1 N–H and O–H groups in total. The van der Waals surface area contributed by atoms with Gasteiger partial charge in [-0.25, -0.2) is 4.99 Å². The van der Waals surface area contributed by atoms with Gasteiger partial charge in [0.05, 0.1) is 18.8 Å². The number of aliphatic imine (C=N–C) groups is 1. The predicted octanol–water partition coefficient (Wildman–Crippen LogP) is 4.72. The van der Waals surface area contributed by atoms with Crippen molar-refractivity contribution in [1.82, 2.24) is 15.3 Å². The summed E-state index contributed by atoms with van der Waals surface area (Å²) in [6.07, 6.45) is 2.46. The molecular weight excluding hydrogens is 388 g/mol. The predicted molar refractivity (Wildman–Crippen MR) is 128 cm³/mol. The zero-order valence-corrected chi connectivity index (χ0v) is 19.1. The number of hydrogen-bond donors (Lipinski definition) is 1. The average Bonchev–Trinajstić information content (AvgIpc) is 3.30. The molecule has 1 fully saturated rings. The SMILES string of the molecule is C=C1c2ccccc2N=C(C(C)NCC)N1C.COc1ccc(ON2CCCC2)cc1. The monoisotopic (exact) mass is 422 g/mol. The molecule has 166 valence electrons. The van der Waals surface area contributed by atoms with Crippen molar-refractivity contribution in [3.8, 4) is 11.5 Å². The van der Waals surface area contributed by atoms with Crippen molar-refractivity contribution in [2.45, 2.75) is 32.7 Å². The van der Waals surface area contributed by atoms with E-state index in [0.29, 0.717) is 0 Å². The van der Waals surface area contributed by atoms with Crippen LogP contribution in [0.25, 0.3) is 5.70 Å². The molecule has 0 bridgehead atoms. The summed E-state index contributed by atoms with van der Waals surface area (Å²) in [6, 6.07) is 16.0. The quantitative estimate of drug-likeness (QED) is 0.730. The Morgan fingerprint density at radius 1 is 1.06 bits per heavy atom. The Kier molecular flexibility index (Phi) is 8.09. The summed E-state index contributed by atoms with van der Waals surface area (Å²) in [5.74, 6) is 2.77. The Balaban J connectivity index is 0.000000179. The normalized spacial score (nSPS) is 16.7. The van der Waals surface area contributed by atoms with Crippen molar-refractivity contribution >= 4 is 17.2 Å². The number of para-hydroxylation sites is 1. The molecule has 0 radical (unpaired) electrons. The van der Waals surface area contributed by atoms with E-state index in [9.17, 15) is 0 Å². The molecular formula is C25H34N4O2. The van der Waals surface area contributed by atoms with Crippen LogP contribution in [0.4, 0.5) is 5.69 Å². The fourth-order valence-electron chi connectivity index (χ4n) is 3.68. The van der Waals surface area contributed by atoms with Gasteiger partial charge in [-0.05, 0) is 56.6 Å². The minimum absolute atomic E-state index is 0.232. The fraction of sp³-hybridized carbons (Fsp3) is 0.400. The summed E-state index contributed by atoms with van der Waals surface area (Å²) in [5.41, 5.74) is 3.13. The van der Waals surface area contributed by atoms with Gasteiger partial charge >= 0.3 is 0 Å². The van der Waals surface area contributed by atoms with Gasteiger partial charge in [0.1, 0.15) is 17.3 Å². The number of amidine groups is 1. The molecule has 31 heavy (non-hydrogen) atoms. The number of hydrogen-bond acceptors (Lipinski definition) is 6. The molecule has 0 aromatic heterocycles. The van der Waals surface area contributed by atoms with Crippen LogP contribution in [0.3, 0.4) is 0 Å². The molecule has 1 atom stereocenters. The molecule has 6 heteroatoms. The lowest BCUT2D eigenvalue weighted by Gasteiger charge is -2.32. The van der Waals surface area contributed by atoms with Gasteiger partial charge in [-0.3, -0.25) is 0 Å². The summed E-state index contributed by atoms with van der Waals surface area (Å²) in [7, 11) is 3.68. The minimum Gasteiger partial charge on any atom is -0.497 e. The van der Waals surface area contributed by atoms with Gasteiger partial charge in [-0.15, -0.1) is 5.06 Å². The first kappa shape index (κ1) is 22.8. The van der Waals surface area contributed by atoms with Gasteiger partial charge in [0.15, 0.2) is 0 Å². The van der Waals surface area contributed by atoms with Crippen LogP contribution in [0.5, 0.6) is 11.5 Å². The Labute approximate surface area is 186 Å². The third-order valence-electron chi connectivity index (χ3n) is 5.46. The van der Waals surface area contributed by atoms with Crippen LogP contribution in [0.2, 0.25) is 0 Å². The van der Waals surface area contributed by atoms with Crippen molar-refractivity contribution in [1.29, 1.82) is 0 Å². The van der Waals surface area contributed by atoms with Crippen LogP contribution in [-0.2, 0) is 0 Å². The molecule has 0 spiro atoms. The summed E-state index contributed by atoms with van der Waals surface area (Å²) in [4.78, 5) is 12.4. The van der Waals surface area contributed by atoms with Gasteiger partial charge in [0, 0.05) is 31.4 Å². The second kappa shape index (κ2) is 11.0. The molecule has 4 rings (SSSR count). The Bertz CT molecular complexity index is 889. The summed E-state index contributed by atoms with van der Waals surface area (Å²) in [5, 5.41) is 5.39. The van der Waals surface area contributed by atoms with Crippen LogP contribution in [-0.4, -0.2) is 55.6 Å². The first-order valence-corrected chi connectivity index (χ1v) is 10.9. The Morgan fingerprint density at radius 2 is 1.71 bits per heavy atom. The lowest BCUT2D eigenvalue weighted by atomic mass is 10.1. The summed E-state index contributed by atoms with van der Waals surface area (Å²) >= 11 is 0. The van der Waals surface area contributed by atoms with Crippen LogP contribution < -0.4 is 14.9 Å². The van der Waals surface area contributed by atoms with E-state index in [4.69, 9.17) is 14.6 Å². The number of likely N-dealkylation sites (N-methyl/N-ethyl adjacent to an activating group) is 2. The van der Waals surface area contributed by atoms with Crippen molar-refractivity contribution in [3.63, 3.8) is 0 Å². The highest BCUT2D eigenvalue weighted by molar-refractivity contribution is 6.00. The van der Waals surface area contributed by atoms with Crippen molar-refractivity contribution in [3.05, 3.63) is 60.7 Å². The smallest absolute Gasteiger partial charge is 0.147 e. The summed E-state index contributed by atoms with van der Waals surface area (Å²) < 4.78 is 5.07. The van der Waals surface area contributed by atoms with Gasteiger partial charge in [0.25, 0.3) is 0 Å². The molecule has 6 nitrogen and oxygen atoms in total. The van der Waals surface area contributed by atoms with E-state index in [-0.39, 0.29) is 6.04 Å². The lowest BCUT2D eigenvalue weighted by Crippen LogP contribution is -2.43. The first-order valence-electron chi connectivity index (χ1n) is 10.9. The topological polar surface area (TPSA) is 49.3 Å². The summed E-state index contributed by atoms with van der Waals surface area (Å²) in [6.45, 7) is 11.4.